The van der Waals surface area contributed by atoms with Crippen LogP contribution in [0, 0.1) is 6.92 Å². The average molecular weight is 294 g/mol. The van der Waals surface area contributed by atoms with Crippen LogP contribution >= 0.6 is 0 Å². The van der Waals surface area contributed by atoms with Gasteiger partial charge < -0.3 is 14.8 Å². The van der Waals surface area contributed by atoms with Gasteiger partial charge in [0.2, 0.25) is 0 Å². The van der Waals surface area contributed by atoms with Crippen molar-refractivity contribution in [2.45, 2.75) is 52.5 Å². The first kappa shape index (κ1) is 17.9. The van der Waals surface area contributed by atoms with Crippen LogP contribution in [0.25, 0.3) is 0 Å². The molecule has 4 nitrogen and oxygen atoms in total. The molecule has 0 saturated carbocycles. The fourth-order valence-electron chi connectivity index (χ4n) is 2.12. The number of pyridine rings is 1. The third kappa shape index (κ3) is 8.02. The molecular weight excluding hydrogens is 264 g/mol. The largest absolute Gasteiger partial charge is 0.492 e. The van der Waals surface area contributed by atoms with E-state index in [1.807, 2.05) is 19.1 Å². The molecule has 1 rings (SSSR count). The molecule has 0 aliphatic carbocycles. The fraction of sp³-hybridized carbons (Fsp3) is 0.706. The Hall–Kier alpha value is -1.13. The minimum absolute atomic E-state index is 0.708. The van der Waals surface area contributed by atoms with E-state index in [0.29, 0.717) is 6.61 Å². The number of hydrogen-bond donors (Lipinski definition) is 1. The summed E-state index contributed by atoms with van der Waals surface area (Å²) in [6.07, 6.45) is 6.26. The highest BCUT2D eigenvalue weighted by Gasteiger charge is 2.05. The topological polar surface area (TPSA) is 43.4 Å². The number of aryl methyl sites for hydroxylation is 1. The number of nitrogens with one attached hydrogen (secondary N) is 1. The smallest absolute Gasteiger partial charge is 0.142 e. The van der Waals surface area contributed by atoms with E-state index in [4.69, 9.17) is 9.47 Å². The Balaban J connectivity index is 2.37. The normalized spacial score (nSPS) is 10.8. The Morgan fingerprint density at radius 2 is 1.90 bits per heavy atom. The molecule has 0 fully saturated rings. The van der Waals surface area contributed by atoms with Crippen LogP contribution in [0.5, 0.6) is 5.75 Å². The summed E-state index contributed by atoms with van der Waals surface area (Å²) in [5, 5.41) is 3.32. The summed E-state index contributed by atoms with van der Waals surface area (Å²) in [5.41, 5.74) is 2.01. The summed E-state index contributed by atoms with van der Waals surface area (Å²) < 4.78 is 10.9. The molecule has 0 saturated heterocycles. The summed E-state index contributed by atoms with van der Waals surface area (Å²) in [7, 11) is 1.71. The van der Waals surface area contributed by atoms with Crippen molar-refractivity contribution >= 4 is 0 Å². The molecule has 0 aliphatic heterocycles. The van der Waals surface area contributed by atoms with Crippen molar-refractivity contribution in [1.82, 2.24) is 10.3 Å². The number of ether oxygens (including phenoxy) is 2. The molecule has 1 N–H and O–H groups in total. The molecule has 0 amide bonds. The highest BCUT2D eigenvalue weighted by Crippen LogP contribution is 2.17. The minimum atomic E-state index is 0.708. The van der Waals surface area contributed by atoms with Crippen LogP contribution in [0.1, 0.15) is 50.4 Å². The lowest BCUT2D eigenvalue weighted by Crippen LogP contribution is -2.20. The second kappa shape index (κ2) is 11.5. The third-order valence-corrected chi connectivity index (χ3v) is 3.35. The van der Waals surface area contributed by atoms with Crippen molar-refractivity contribution in [2.24, 2.45) is 0 Å². The lowest BCUT2D eigenvalue weighted by molar-refractivity contribution is 0.199. The van der Waals surface area contributed by atoms with Gasteiger partial charge in [-0.15, -0.1) is 0 Å². The molecule has 1 aromatic heterocycles. The van der Waals surface area contributed by atoms with Gasteiger partial charge in [-0.3, -0.25) is 4.98 Å². The zero-order valence-electron chi connectivity index (χ0n) is 13.8. The van der Waals surface area contributed by atoms with E-state index in [0.717, 1.165) is 43.3 Å². The molecule has 1 aromatic rings. The van der Waals surface area contributed by atoms with Crippen LogP contribution in [-0.2, 0) is 11.3 Å². The molecule has 0 bridgehead atoms. The molecule has 4 heteroatoms. The molecule has 120 valence electrons. The number of nitrogens with zero attached hydrogens (tertiary/aromatic N) is 1. The van der Waals surface area contributed by atoms with Crippen LogP contribution < -0.4 is 10.1 Å². The highest BCUT2D eigenvalue weighted by atomic mass is 16.5. The number of aromatic nitrogens is 1. The number of unbranched alkanes of at least 4 members (excludes halogenated alkanes) is 4. The predicted octanol–water partition coefficient (Wildman–Crippen LogP) is 3.48. The van der Waals surface area contributed by atoms with Crippen LogP contribution in [0.3, 0.4) is 0 Å². The third-order valence-electron chi connectivity index (χ3n) is 3.35. The molecule has 0 atom stereocenters. The van der Waals surface area contributed by atoms with Gasteiger partial charge >= 0.3 is 0 Å². The number of methoxy groups -OCH3 is 1. The first-order chi connectivity index (χ1) is 10.3. The van der Waals surface area contributed by atoms with Crippen molar-refractivity contribution in [2.75, 3.05) is 26.9 Å². The van der Waals surface area contributed by atoms with Crippen LogP contribution in [0.4, 0.5) is 0 Å². The lowest BCUT2D eigenvalue weighted by atomic mass is 10.2. The monoisotopic (exact) mass is 294 g/mol. The van der Waals surface area contributed by atoms with Gasteiger partial charge in [-0.05, 0) is 25.5 Å². The minimum Gasteiger partial charge on any atom is -0.492 e. The number of rotatable bonds is 12. The molecule has 21 heavy (non-hydrogen) atoms. The van der Waals surface area contributed by atoms with E-state index < -0.39 is 0 Å². The average Bonchev–Trinajstić information content (AvgIpc) is 2.49. The first-order valence-corrected chi connectivity index (χ1v) is 8.07. The molecule has 0 spiro atoms. The van der Waals surface area contributed by atoms with E-state index in [-0.39, 0.29) is 0 Å². The molecule has 0 aromatic carbocycles. The van der Waals surface area contributed by atoms with Crippen molar-refractivity contribution in [1.29, 1.82) is 0 Å². The molecule has 1 heterocycles. The van der Waals surface area contributed by atoms with Gasteiger partial charge in [0.1, 0.15) is 5.75 Å². The second-order valence-electron chi connectivity index (χ2n) is 5.33. The molecule has 0 unspecified atom stereocenters. The van der Waals surface area contributed by atoms with E-state index in [1.54, 1.807) is 7.11 Å². The summed E-state index contributed by atoms with van der Waals surface area (Å²) in [6, 6.07) is 4.03. The van der Waals surface area contributed by atoms with E-state index >= 15 is 0 Å². The Morgan fingerprint density at radius 3 is 2.67 bits per heavy atom. The van der Waals surface area contributed by atoms with Crippen LogP contribution in [0.2, 0.25) is 0 Å². The zero-order chi connectivity index (χ0) is 15.3. The lowest BCUT2D eigenvalue weighted by Gasteiger charge is -2.12. The summed E-state index contributed by atoms with van der Waals surface area (Å²) in [6.45, 7) is 7.27. The maximum atomic E-state index is 5.90. The van der Waals surface area contributed by atoms with Gasteiger partial charge in [-0.25, -0.2) is 0 Å². The van der Waals surface area contributed by atoms with E-state index in [1.165, 1.54) is 25.7 Å². The van der Waals surface area contributed by atoms with Crippen molar-refractivity contribution < 1.29 is 9.47 Å². The molecule has 0 radical (unpaired) electrons. The quantitative estimate of drug-likeness (QED) is 0.599. The fourth-order valence-corrected chi connectivity index (χ4v) is 2.12. The molecule has 0 aliphatic rings. The zero-order valence-corrected chi connectivity index (χ0v) is 13.8. The Bertz CT molecular complexity index is 383. The Kier molecular flexibility index (Phi) is 9.83. The van der Waals surface area contributed by atoms with Gasteiger partial charge in [0, 0.05) is 25.9 Å². The molecular formula is C17H30N2O2. The highest BCUT2D eigenvalue weighted by molar-refractivity contribution is 5.29. The maximum Gasteiger partial charge on any atom is 0.142 e. The standard InChI is InChI=1S/C17H30N2O2/c1-4-5-6-7-8-12-21-17-10-9-15(2)19-16(17)14-18-11-13-20-3/h9-10,18H,4-8,11-14H2,1-3H3. The van der Waals surface area contributed by atoms with E-state index in [9.17, 15) is 0 Å². The Morgan fingerprint density at radius 1 is 1.10 bits per heavy atom. The summed E-state index contributed by atoms with van der Waals surface area (Å²) in [4.78, 5) is 4.57. The van der Waals surface area contributed by atoms with Crippen molar-refractivity contribution in [3.05, 3.63) is 23.5 Å². The van der Waals surface area contributed by atoms with Crippen LogP contribution in [0.15, 0.2) is 12.1 Å². The van der Waals surface area contributed by atoms with Gasteiger partial charge in [-0.1, -0.05) is 32.6 Å². The van der Waals surface area contributed by atoms with Crippen LogP contribution in [-0.4, -0.2) is 31.9 Å². The van der Waals surface area contributed by atoms with Gasteiger partial charge in [0.25, 0.3) is 0 Å². The summed E-state index contributed by atoms with van der Waals surface area (Å²) >= 11 is 0. The van der Waals surface area contributed by atoms with E-state index in [2.05, 4.69) is 17.2 Å². The summed E-state index contributed by atoms with van der Waals surface area (Å²) in [5.74, 6) is 0.904. The second-order valence-corrected chi connectivity index (χ2v) is 5.33. The van der Waals surface area contributed by atoms with Crippen molar-refractivity contribution in [3.63, 3.8) is 0 Å². The van der Waals surface area contributed by atoms with Crippen molar-refractivity contribution in [3.8, 4) is 5.75 Å². The first-order valence-electron chi connectivity index (χ1n) is 8.07. The SMILES string of the molecule is CCCCCCCOc1ccc(C)nc1CNCCOC. The number of hydrogen-bond acceptors (Lipinski definition) is 4. The van der Waals surface area contributed by atoms with Gasteiger partial charge in [-0.2, -0.15) is 0 Å². The Labute approximate surface area is 129 Å². The predicted molar refractivity (Wildman–Crippen MR) is 86.8 cm³/mol. The van der Waals surface area contributed by atoms with Gasteiger partial charge in [0.15, 0.2) is 0 Å². The maximum absolute atomic E-state index is 5.90. The van der Waals surface area contributed by atoms with Gasteiger partial charge in [0.05, 0.1) is 18.9 Å².